The van der Waals surface area contributed by atoms with Gasteiger partial charge in [0, 0.05) is 35.6 Å². The minimum Gasteiger partial charge on any atom is -0.351 e. The maximum atomic E-state index is 15.2. The highest BCUT2D eigenvalue weighted by Crippen LogP contribution is 2.35. The standard InChI is InChI=1S/C31H39F2N7O3S/c1-19(2)40-29-22(16-34-30(36-29)35-27-12-10-24(38(4)5)14-20(27)3)17-39(31(40)41)25-11-13-28(26(33)15-25)37-44(42,43)18-21-6-8-23(32)9-7-21/h6-9,11,13,15-16,19-20,24,27,37H,10,12,14,17-18H2,1-5H3,(H,34,35,36)/t20?,24-,27-/m0/s1. The zero-order valence-electron chi connectivity index (χ0n) is 25.6. The summed E-state index contributed by atoms with van der Waals surface area (Å²) in [6, 6.07) is 9.08. The van der Waals surface area contributed by atoms with E-state index in [1.165, 1.54) is 29.2 Å². The van der Waals surface area contributed by atoms with Crippen molar-refractivity contribution in [1.29, 1.82) is 0 Å². The summed E-state index contributed by atoms with van der Waals surface area (Å²) in [5.74, 6) is -0.360. The van der Waals surface area contributed by atoms with E-state index in [1.54, 1.807) is 11.1 Å². The van der Waals surface area contributed by atoms with Gasteiger partial charge in [0.2, 0.25) is 16.0 Å². The number of fused-ring (bicyclic) bond motifs is 1. The first-order valence-corrected chi connectivity index (χ1v) is 16.4. The molecule has 13 heteroatoms. The van der Waals surface area contributed by atoms with Crippen molar-refractivity contribution in [3.8, 4) is 0 Å². The lowest BCUT2D eigenvalue weighted by molar-refractivity contribution is 0.182. The van der Waals surface area contributed by atoms with Crippen LogP contribution in [-0.4, -0.2) is 61.5 Å². The molecule has 1 aromatic heterocycles. The summed E-state index contributed by atoms with van der Waals surface area (Å²) in [4.78, 5) is 28.3. The van der Waals surface area contributed by atoms with E-state index in [1.807, 2.05) is 13.8 Å². The zero-order valence-corrected chi connectivity index (χ0v) is 26.4. The van der Waals surface area contributed by atoms with Crippen LogP contribution in [0.3, 0.4) is 0 Å². The number of carbonyl (C=O) groups is 1. The molecule has 0 spiro atoms. The molecule has 1 aliphatic heterocycles. The number of urea groups is 1. The molecular formula is C31H39F2N7O3S. The number of aromatic nitrogens is 2. The molecule has 236 valence electrons. The number of nitrogens with one attached hydrogen (secondary N) is 2. The number of anilines is 4. The summed E-state index contributed by atoms with van der Waals surface area (Å²) in [6.07, 6.45) is 4.85. The van der Waals surface area contributed by atoms with E-state index >= 15 is 4.39 Å². The number of amides is 2. The van der Waals surface area contributed by atoms with Gasteiger partial charge in [-0.25, -0.2) is 27.0 Å². The van der Waals surface area contributed by atoms with Crippen LogP contribution in [-0.2, 0) is 22.3 Å². The van der Waals surface area contributed by atoms with Gasteiger partial charge in [-0.15, -0.1) is 0 Å². The number of carbonyl (C=O) groups excluding carboxylic acids is 1. The first-order chi connectivity index (χ1) is 20.8. The number of benzene rings is 2. The van der Waals surface area contributed by atoms with Crippen LogP contribution >= 0.6 is 0 Å². The summed E-state index contributed by atoms with van der Waals surface area (Å²) < 4.78 is 55.9. The fourth-order valence-electron chi connectivity index (χ4n) is 5.89. The summed E-state index contributed by atoms with van der Waals surface area (Å²) in [7, 11) is 0.241. The van der Waals surface area contributed by atoms with Crippen LogP contribution in [0.15, 0.2) is 48.7 Å². The van der Waals surface area contributed by atoms with Gasteiger partial charge in [-0.3, -0.25) is 14.5 Å². The Hall–Kier alpha value is -3.84. The van der Waals surface area contributed by atoms with E-state index in [2.05, 4.69) is 40.9 Å². The van der Waals surface area contributed by atoms with Gasteiger partial charge in [0.05, 0.1) is 18.0 Å². The topological polar surface area (TPSA) is 111 Å². The SMILES string of the molecule is CC1C[C@@H](N(C)C)CC[C@@H]1Nc1ncc2c(n1)N(C(C)C)C(=O)N(c1ccc(NS(=O)(=O)Cc3ccc(F)cc3)c(F)c1)C2. The Morgan fingerprint density at radius 1 is 1.09 bits per heavy atom. The van der Waals surface area contributed by atoms with Crippen molar-refractivity contribution >= 4 is 39.2 Å². The number of halogens is 2. The quantitative estimate of drug-likeness (QED) is 0.319. The Balaban J connectivity index is 1.33. The van der Waals surface area contributed by atoms with Crippen molar-refractivity contribution in [3.05, 3.63) is 71.4 Å². The molecule has 2 aliphatic rings. The first kappa shape index (κ1) is 31.6. The van der Waals surface area contributed by atoms with Gasteiger partial charge in [0.25, 0.3) is 0 Å². The number of sulfonamides is 1. The minimum atomic E-state index is -3.98. The van der Waals surface area contributed by atoms with Crippen LogP contribution in [0.5, 0.6) is 0 Å². The molecule has 0 saturated heterocycles. The van der Waals surface area contributed by atoms with Crippen LogP contribution in [0.4, 0.5) is 36.7 Å². The van der Waals surface area contributed by atoms with E-state index < -0.39 is 27.4 Å². The fourth-order valence-corrected chi connectivity index (χ4v) is 7.09. The molecule has 10 nitrogen and oxygen atoms in total. The van der Waals surface area contributed by atoms with Gasteiger partial charge in [-0.1, -0.05) is 19.1 Å². The molecule has 2 aromatic carbocycles. The maximum absolute atomic E-state index is 15.2. The Labute approximate surface area is 257 Å². The summed E-state index contributed by atoms with van der Waals surface area (Å²) in [5, 5.41) is 3.49. The van der Waals surface area contributed by atoms with Crippen molar-refractivity contribution in [2.45, 2.75) is 70.5 Å². The summed E-state index contributed by atoms with van der Waals surface area (Å²) in [6.45, 7) is 6.11. The Morgan fingerprint density at radius 2 is 1.82 bits per heavy atom. The van der Waals surface area contributed by atoms with E-state index in [9.17, 15) is 17.6 Å². The average molecular weight is 628 g/mol. The van der Waals surface area contributed by atoms with E-state index in [-0.39, 0.29) is 36.0 Å². The summed E-state index contributed by atoms with van der Waals surface area (Å²) in [5.41, 5.74) is 1.07. The highest BCUT2D eigenvalue weighted by molar-refractivity contribution is 7.91. The third kappa shape index (κ3) is 6.94. The Bertz CT molecular complexity index is 1620. The Morgan fingerprint density at radius 3 is 2.45 bits per heavy atom. The van der Waals surface area contributed by atoms with E-state index in [4.69, 9.17) is 4.98 Å². The highest BCUT2D eigenvalue weighted by Gasteiger charge is 2.36. The Kier molecular flexibility index (Phi) is 9.07. The number of rotatable bonds is 9. The lowest BCUT2D eigenvalue weighted by Crippen LogP contribution is -2.51. The van der Waals surface area contributed by atoms with Gasteiger partial charge in [0.15, 0.2) is 0 Å². The molecular weight excluding hydrogens is 588 g/mol. The molecule has 0 radical (unpaired) electrons. The second kappa shape index (κ2) is 12.6. The molecule has 1 aliphatic carbocycles. The molecule has 2 amide bonds. The molecule has 0 bridgehead atoms. The smallest absolute Gasteiger partial charge is 0.330 e. The highest BCUT2D eigenvalue weighted by atomic mass is 32.2. The molecule has 5 rings (SSSR count). The predicted octanol–water partition coefficient (Wildman–Crippen LogP) is 5.58. The molecule has 44 heavy (non-hydrogen) atoms. The summed E-state index contributed by atoms with van der Waals surface area (Å²) >= 11 is 0. The van der Waals surface area contributed by atoms with E-state index in [0.29, 0.717) is 34.9 Å². The molecule has 1 fully saturated rings. The fraction of sp³-hybridized carbons (Fsp3) is 0.452. The third-order valence-electron chi connectivity index (χ3n) is 8.34. The molecule has 2 N–H and O–H groups in total. The average Bonchev–Trinajstić information content (AvgIpc) is 2.95. The van der Waals surface area contributed by atoms with Crippen molar-refractivity contribution in [2.24, 2.45) is 5.92 Å². The second-order valence-electron chi connectivity index (χ2n) is 12.2. The molecule has 1 unspecified atom stereocenters. The second-order valence-corrected chi connectivity index (χ2v) is 13.9. The van der Waals surface area contributed by atoms with Crippen LogP contribution < -0.4 is 19.8 Å². The number of hydrogen-bond donors (Lipinski definition) is 2. The maximum Gasteiger partial charge on any atom is 0.330 e. The van der Waals surface area contributed by atoms with Crippen molar-refractivity contribution in [1.82, 2.24) is 14.9 Å². The van der Waals surface area contributed by atoms with Crippen LogP contribution in [0.1, 0.15) is 51.2 Å². The van der Waals surface area contributed by atoms with Gasteiger partial charge in [0.1, 0.15) is 17.5 Å². The largest absolute Gasteiger partial charge is 0.351 e. The van der Waals surface area contributed by atoms with Gasteiger partial charge >= 0.3 is 6.03 Å². The zero-order chi connectivity index (χ0) is 31.8. The van der Waals surface area contributed by atoms with Crippen molar-refractivity contribution in [2.75, 3.05) is 33.9 Å². The normalized spacial score (nSPS) is 20.7. The molecule has 3 atom stereocenters. The lowest BCUT2D eigenvalue weighted by Gasteiger charge is -2.39. The molecule has 2 heterocycles. The van der Waals surface area contributed by atoms with Crippen LogP contribution in [0, 0.1) is 17.6 Å². The van der Waals surface area contributed by atoms with Gasteiger partial charge in [-0.05, 0) is 89.0 Å². The monoisotopic (exact) mass is 627 g/mol. The van der Waals surface area contributed by atoms with Crippen molar-refractivity contribution in [3.63, 3.8) is 0 Å². The number of nitrogens with zero attached hydrogens (tertiary/aromatic N) is 5. The number of hydrogen-bond acceptors (Lipinski definition) is 7. The molecule has 1 saturated carbocycles. The van der Waals surface area contributed by atoms with Crippen molar-refractivity contribution < 1.29 is 22.0 Å². The predicted molar refractivity (Wildman–Crippen MR) is 168 cm³/mol. The van der Waals surface area contributed by atoms with E-state index in [0.717, 1.165) is 37.5 Å². The lowest BCUT2D eigenvalue weighted by atomic mass is 9.82. The van der Waals surface area contributed by atoms with Crippen LogP contribution in [0.25, 0.3) is 0 Å². The minimum absolute atomic E-state index is 0.122. The van der Waals surface area contributed by atoms with Gasteiger partial charge in [-0.2, -0.15) is 4.98 Å². The molecule has 3 aromatic rings. The van der Waals surface area contributed by atoms with Gasteiger partial charge < -0.3 is 10.2 Å². The first-order valence-electron chi connectivity index (χ1n) is 14.8. The third-order valence-corrected chi connectivity index (χ3v) is 9.58. The van der Waals surface area contributed by atoms with Crippen LogP contribution in [0.2, 0.25) is 0 Å².